The number of thiazole rings is 1. The molecule has 0 aliphatic rings. The van der Waals surface area contributed by atoms with Crippen LogP contribution in [0, 0.1) is 25.2 Å². The van der Waals surface area contributed by atoms with Crippen molar-refractivity contribution in [3.05, 3.63) is 33.5 Å². The lowest BCUT2D eigenvalue weighted by Gasteiger charge is -2.07. The number of aryl methyl sites for hydroxylation is 2. The van der Waals surface area contributed by atoms with Gasteiger partial charge in [0.25, 0.3) is 0 Å². The summed E-state index contributed by atoms with van der Waals surface area (Å²) in [6.07, 6.45) is 0.840. The molecule has 28 heavy (non-hydrogen) atoms. The van der Waals surface area contributed by atoms with E-state index in [4.69, 9.17) is 9.47 Å². The Balaban J connectivity index is 2.20. The Kier molecular flexibility index (Phi) is 8.70. The molecule has 9 heteroatoms. The topological polar surface area (TPSA) is 97.1 Å². The highest BCUT2D eigenvalue weighted by molar-refractivity contribution is 7.98. The molecule has 0 radical (unpaired) electrons. The summed E-state index contributed by atoms with van der Waals surface area (Å²) < 4.78 is 10.2. The lowest BCUT2D eigenvalue weighted by atomic mass is 10.1. The molecule has 2 heterocycles. The van der Waals surface area contributed by atoms with Crippen LogP contribution < -0.4 is 5.32 Å². The van der Waals surface area contributed by atoms with E-state index in [9.17, 15) is 10.1 Å². The highest BCUT2D eigenvalue weighted by Gasteiger charge is 2.20. The summed E-state index contributed by atoms with van der Waals surface area (Å²) >= 11 is 2.68. The van der Waals surface area contributed by atoms with Crippen LogP contribution in [0.4, 0.5) is 5.13 Å². The van der Waals surface area contributed by atoms with E-state index >= 15 is 0 Å². The van der Waals surface area contributed by atoms with Crippen LogP contribution in [0.2, 0.25) is 0 Å². The summed E-state index contributed by atoms with van der Waals surface area (Å²) in [7, 11) is 1.66. The monoisotopic (exact) mass is 420 g/mol. The first kappa shape index (κ1) is 22.1. The number of anilines is 1. The van der Waals surface area contributed by atoms with Gasteiger partial charge in [0.15, 0.2) is 5.13 Å². The molecule has 0 fully saturated rings. The second kappa shape index (κ2) is 11.0. The number of nitrogens with zero attached hydrogens (tertiary/aromatic N) is 3. The van der Waals surface area contributed by atoms with Crippen LogP contribution in [0.3, 0.4) is 0 Å². The number of nitriles is 1. The maximum atomic E-state index is 12.3. The zero-order valence-electron chi connectivity index (χ0n) is 16.5. The largest absolute Gasteiger partial charge is 0.462 e. The summed E-state index contributed by atoms with van der Waals surface area (Å²) in [5.41, 5.74) is 2.93. The molecule has 0 saturated heterocycles. The van der Waals surface area contributed by atoms with Crippen molar-refractivity contribution >= 4 is 34.2 Å². The van der Waals surface area contributed by atoms with E-state index < -0.39 is 0 Å². The van der Waals surface area contributed by atoms with Crippen LogP contribution in [-0.4, -0.2) is 42.8 Å². The van der Waals surface area contributed by atoms with Crippen LogP contribution in [0.1, 0.15) is 45.5 Å². The summed E-state index contributed by atoms with van der Waals surface area (Å²) in [4.78, 5) is 21.8. The Morgan fingerprint density at radius 1 is 1.39 bits per heavy atom. The van der Waals surface area contributed by atoms with Gasteiger partial charge in [-0.3, -0.25) is 0 Å². The van der Waals surface area contributed by atoms with E-state index in [2.05, 4.69) is 21.4 Å². The normalized spacial score (nSPS) is 10.5. The molecule has 0 aliphatic carbocycles. The number of pyridine rings is 1. The first-order chi connectivity index (χ1) is 13.5. The third-order valence-electron chi connectivity index (χ3n) is 3.73. The van der Waals surface area contributed by atoms with Crippen molar-refractivity contribution in [1.29, 1.82) is 5.26 Å². The third-order valence-corrected chi connectivity index (χ3v) is 5.75. The predicted molar refractivity (Wildman–Crippen MR) is 111 cm³/mol. The van der Waals surface area contributed by atoms with Gasteiger partial charge in [0, 0.05) is 31.7 Å². The fourth-order valence-corrected chi connectivity index (χ4v) is 4.51. The minimum Gasteiger partial charge on any atom is -0.462 e. The summed E-state index contributed by atoms with van der Waals surface area (Å²) in [5, 5.41) is 14.0. The number of methoxy groups -OCH3 is 1. The van der Waals surface area contributed by atoms with Crippen molar-refractivity contribution in [3.8, 4) is 6.07 Å². The van der Waals surface area contributed by atoms with Crippen molar-refractivity contribution in [2.75, 3.05) is 32.2 Å². The quantitative estimate of drug-likeness (QED) is 0.351. The van der Waals surface area contributed by atoms with Crippen molar-refractivity contribution in [2.45, 2.75) is 38.0 Å². The number of thioether (sulfide) groups is 1. The van der Waals surface area contributed by atoms with E-state index in [-0.39, 0.29) is 5.97 Å². The maximum Gasteiger partial charge on any atom is 0.350 e. The molecule has 0 saturated carbocycles. The van der Waals surface area contributed by atoms with E-state index in [0.717, 1.165) is 17.7 Å². The average Bonchev–Trinajstić information content (AvgIpc) is 3.06. The Morgan fingerprint density at radius 3 is 2.86 bits per heavy atom. The molecule has 0 aromatic carbocycles. The fourth-order valence-electron chi connectivity index (χ4n) is 2.47. The van der Waals surface area contributed by atoms with Gasteiger partial charge in [0.1, 0.15) is 16.0 Å². The van der Waals surface area contributed by atoms with Crippen LogP contribution in [0.15, 0.2) is 11.1 Å². The number of carbonyl (C=O) groups is 1. The van der Waals surface area contributed by atoms with Crippen molar-refractivity contribution in [1.82, 2.24) is 9.97 Å². The Labute approximate surface area is 173 Å². The minimum atomic E-state index is -0.380. The van der Waals surface area contributed by atoms with Crippen LogP contribution in [0.5, 0.6) is 0 Å². The second-order valence-corrected chi connectivity index (χ2v) is 7.91. The fraction of sp³-hybridized carbons (Fsp3) is 0.474. The van der Waals surface area contributed by atoms with E-state index in [1.54, 1.807) is 14.0 Å². The smallest absolute Gasteiger partial charge is 0.350 e. The summed E-state index contributed by atoms with van der Waals surface area (Å²) in [6.45, 7) is 7.22. The van der Waals surface area contributed by atoms with Gasteiger partial charge in [-0.1, -0.05) is 23.1 Å². The average molecular weight is 421 g/mol. The van der Waals surface area contributed by atoms with Crippen molar-refractivity contribution < 1.29 is 14.3 Å². The van der Waals surface area contributed by atoms with Gasteiger partial charge in [-0.2, -0.15) is 5.26 Å². The van der Waals surface area contributed by atoms with Crippen molar-refractivity contribution in [2.24, 2.45) is 0 Å². The summed E-state index contributed by atoms with van der Waals surface area (Å²) in [5.74, 6) is 0.0454. The number of hydrogen-bond donors (Lipinski definition) is 1. The van der Waals surface area contributed by atoms with E-state index in [1.807, 2.05) is 19.9 Å². The first-order valence-electron chi connectivity index (χ1n) is 8.90. The number of esters is 1. The van der Waals surface area contributed by atoms with Crippen molar-refractivity contribution in [3.63, 3.8) is 0 Å². The van der Waals surface area contributed by atoms with E-state index in [0.29, 0.717) is 51.8 Å². The molecule has 2 rings (SSSR count). The van der Waals surface area contributed by atoms with Crippen LogP contribution in [0.25, 0.3) is 0 Å². The highest BCUT2D eigenvalue weighted by atomic mass is 32.2. The zero-order chi connectivity index (χ0) is 20.5. The van der Waals surface area contributed by atoms with Crippen LogP contribution in [-0.2, 0) is 15.2 Å². The highest BCUT2D eigenvalue weighted by Crippen LogP contribution is 2.31. The Bertz CT molecular complexity index is 862. The molecule has 0 unspecified atom stereocenters. The minimum absolute atomic E-state index is 0.303. The number of nitrogens with one attached hydrogen (secondary N) is 1. The second-order valence-electron chi connectivity index (χ2n) is 5.95. The first-order valence-corrected chi connectivity index (χ1v) is 10.7. The van der Waals surface area contributed by atoms with Gasteiger partial charge in [0.05, 0.1) is 17.9 Å². The number of hydrogen-bond acceptors (Lipinski definition) is 9. The van der Waals surface area contributed by atoms with Gasteiger partial charge in [-0.25, -0.2) is 14.8 Å². The molecular weight excluding hydrogens is 396 g/mol. The van der Waals surface area contributed by atoms with Crippen LogP contribution >= 0.6 is 23.1 Å². The predicted octanol–water partition coefficient (Wildman–Crippen LogP) is 3.94. The number of carbonyl (C=O) groups excluding carboxylic acids is 1. The van der Waals surface area contributed by atoms with Gasteiger partial charge in [-0.05, 0) is 38.8 Å². The SMILES string of the molecule is CCOC(=O)c1sc(NCCCOC)nc1CSc1nc(C)cc(C)c1C#N. The molecular formula is C19H24N4O3S2. The standard InChI is InChI=1S/C19H24N4O3S2/c1-5-26-18(24)16-15(23-19(28-16)21-7-6-8-25-4)11-27-17-14(10-20)12(2)9-13(3)22-17/h9H,5-8,11H2,1-4H3,(H,21,23). The van der Waals surface area contributed by atoms with Gasteiger partial charge in [0.2, 0.25) is 0 Å². The molecule has 0 bridgehead atoms. The molecule has 0 amide bonds. The van der Waals surface area contributed by atoms with Gasteiger partial charge < -0.3 is 14.8 Å². The molecule has 0 atom stereocenters. The molecule has 150 valence electrons. The summed E-state index contributed by atoms with van der Waals surface area (Å²) in [6, 6.07) is 4.10. The lowest BCUT2D eigenvalue weighted by Crippen LogP contribution is -2.05. The Morgan fingerprint density at radius 2 is 2.18 bits per heavy atom. The molecule has 0 aliphatic heterocycles. The number of ether oxygens (including phenoxy) is 2. The van der Waals surface area contributed by atoms with E-state index in [1.165, 1.54) is 23.1 Å². The molecule has 7 nitrogen and oxygen atoms in total. The van der Waals surface area contributed by atoms with Gasteiger partial charge in [-0.15, -0.1) is 0 Å². The molecule has 2 aromatic rings. The number of rotatable bonds is 10. The Hall–Kier alpha value is -2.15. The lowest BCUT2D eigenvalue weighted by molar-refractivity contribution is 0.0531. The zero-order valence-corrected chi connectivity index (χ0v) is 18.1. The number of aromatic nitrogens is 2. The molecule has 0 spiro atoms. The maximum absolute atomic E-state index is 12.3. The van der Waals surface area contributed by atoms with Gasteiger partial charge >= 0.3 is 5.97 Å². The third kappa shape index (κ3) is 5.92. The molecule has 1 N–H and O–H groups in total. The molecule has 2 aromatic heterocycles.